The second-order valence-electron chi connectivity index (χ2n) is 2.79. The highest BCUT2D eigenvalue weighted by atomic mass is 79.9. The summed E-state index contributed by atoms with van der Waals surface area (Å²) in [7, 11) is 0. The van der Waals surface area contributed by atoms with Gasteiger partial charge in [-0.1, -0.05) is 11.6 Å². The van der Waals surface area contributed by atoms with Crippen LogP contribution in [0.4, 0.5) is 10.1 Å². The van der Waals surface area contributed by atoms with Crippen LogP contribution in [-0.2, 0) is 0 Å². The molecule has 0 atom stereocenters. The van der Waals surface area contributed by atoms with Crippen LogP contribution in [0.3, 0.4) is 0 Å². The molecule has 14 heavy (non-hydrogen) atoms. The van der Waals surface area contributed by atoms with Crippen molar-refractivity contribution in [3.05, 3.63) is 27.4 Å². The highest BCUT2D eigenvalue weighted by molar-refractivity contribution is 9.10. The van der Waals surface area contributed by atoms with E-state index in [9.17, 15) is 4.39 Å². The van der Waals surface area contributed by atoms with Crippen LogP contribution in [0.2, 0.25) is 5.02 Å². The zero-order chi connectivity index (χ0) is 10.6. The van der Waals surface area contributed by atoms with Crippen molar-refractivity contribution in [2.45, 2.75) is 6.42 Å². The molecule has 1 rings (SSSR count). The Labute approximate surface area is 95.8 Å². The fourth-order valence-corrected chi connectivity index (χ4v) is 1.46. The highest BCUT2D eigenvalue weighted by Crippen LogP contribution is 2.29. The van der Waals surface area contributed by atoms with Gasteiger partial charge >= 0.3 is 0 Å². The number of benzene rings is 1. The number of hydrogen-bond acceptors (Lipinski definition) is 2. The summed E-state index contributed by atoms with van der Waals surface area (Å²) in [6, 6.07) is 3.35. The Morgan fingerprint density at radius 2 is 2.21 bits per heavy atom. The van der Waals surface area contributed by atoms with Crippen LogP contribution in [0.25, 0.3) is 0 Å². The van der Waals surface area contributed by atoms with Gasteiger partial charge in [-0.05, 0) is 41.0 Å². The smallest absolute Gasteiger partial charge is 0.165 e. The van der Waals surface area contributed by atoms with E-state index < -0.39 is 5.82 Å². The Morgan fingerprint density at radius 1 is 1.50 bits per heavy atom. The third kappa shape index (κ3) is 2.83. The summed E-state index contributed by atoms with van der Waals surface area (Å²) >= 11 is 8.85. The molecule has 0 unspecified atom stereocenters. The lowest BCUT2D eigenvalue weighted by atomic mass is 10.3. The van der Waals surface area contributed by atoms with Crippen LogP contribution in [0.5, 0.6) is 0 Å². The lowest BCUT2D eigenvalue weighted by Gasteiger charge is -2.08. The number of anilines is 1. The first-order chi connectivity index (χ1) is 6.66. The average molecular weight is 282 g/mol. The SMILES string of the molecule is NCCCNc1ccc(Br)c(Cl)c1F. The summed E-state index contributed by atoms with van der Waals surface area (Å²) in [5.41, 5.74) is 5.73. The number of nitrogens with two attached hydrogens (primary N) is 1. The quantitative estimate of drug-likeness (QED) is 0.658. The van der Waals surface area contributed by atoms with Crippen molar-refractivity contribution in [1.82, 2.24) is 0 Å². The van der Waals surface area contributed by atoms with Crippen molar-refractivity contribution in [1.29, 1.82) is 0 Å². The summed E-state index contributed by atoms with van der Waals surface area (Å²) in [5, 5.41) is 3.02. The Balaban J connectivity index is 2.73. The molecule has 5 heteroatoms. The van der Waals surface area contributed by atoms with E-state index in [0.29, 0.717) is 23.2 Å². The van der Waals surface area contributed by atoms with E-state index in [0.717, 1.165) is 6.42 Å². The molecule has 0 aliphatic heterocycles. The number of nitrogens with one attached hydrogen (secondary N) is 1. The van der Waals surface area contributed by atoms with Crippen molar-refractivity contribution in [3.8, 4) is 0 Å². The zero-order valence-electron chi connectivity index (χ0n) is 7.49. The van der Waals surface area contributed by atoms with Gasteiger partial charge < -0.3 is 11.1 Å². The normalized spacial score (nSPS) is 10.3. The van der Waals surface area contributed by atoms with Crippen LogP contribution < -0.4 is 11.1 Å². The second-order valence-corrected chi connectivity index (χ2v) is 4.02. The molecule has 78 valence electrons. The molecule has 0 heterocycles. The van der Waals surface area contributed by atoms with E-state index in [2.05, 4.69) is 21.2 Å². The molecule has 3 N–H and O–H groups in total. The van der Waals surface area contributed by atoms with Gasteiger partial charge in [0.2, 0.25) is 0 Å². The van der Waals surface area contributed by atoms with Gasteiger partial charge in [0.05, 0.1) is 10.7 Å². The van der Waals surface area contributed by atoms with Crippen molar-refractivity contribution in [2.24, 2.45) is 5.73 Å². The van der Waals surface area contributed by atoms with Crippen LogP contribution in [0.15, 0.2) is 16.6 Å². The van der Waals surface area contributed by atoms with Gasteiger partial charge in [-0.15, -0.1) is 0 Å². The van der Waals surface area contributed by atoms with Crippen LogP contribution in [-0.4, -0.2) is 13.1 Å². The first kappa shape index (κ1) is 11.8. The van der Waals surface area contributed by atoms with Crippen molar-refractivity contribution >= 4 is 33.2 Å². The van der Waals surface area contributed by atoms with E-state index in [-0.39, 0.29) is 5.02 Å². The molecule has 1 aromatic rings. The molecule has 0 bridgehead atoms. The van der Waals surface area contributed by atoms with Crippen molar-refractivity contribution < 1.29 is 4.39 Å². The van der Waals surface area contributed by atoms with E-state index in [1.807, 2.05) is 0 Å². The molecule has 1 aromatic carbocycles. The van der Waals surface area contributed by atoms with E-state index in [1.54, 1.807) is 12.1 Å². The first-order valence-corrected chi connectivity index (χ1v) is 5.41. The summed E-state index contributed by atoms with van der Waals surface area (Å²) in [6.45, 7) is 1.23. The number of halogens is 3. The maximum absolute atomic E-state index is 13.4. The standard InChI is InChI=1S/C9H11BrClFN2/c10-6-2-3-7(9(12)8(6)11)14-5-1-4-13/h2-3,14H,1,4-5,13H2. The highest BCUT2D eigenvalue weighted by Gasteiger charge is 2.08. The minimum absolute atomic E-state index is 0.0998. The Kier molecular flexibility index (Phi) is 4.65. The Bertz CT molecular complexity index is 320. The molecule has 0 spiro atoms. The van der Waals surface area contributed by atoms with Crippen LogP contribution >= 0.6 is 27.5 Å². The van der Waals surface area contributed by atoms with Gasteiger partial charge in [-0.25, -0.2) is 4.39 Å². The van der Waals surface area contributed by atoms with Gasteiger partial charge in [0.25, 0.3) is 0 Å². The summed E-state index contributed by atoms with van der Waals surface area (Å²) in [6.07, 6.45) is 0.799. The third-order valence-corrected chi connectivity index (χ3v) is 2.99. The largest absolute Gasteiger partial charge is 0.383 e. The summed E-state index contributed by atoms with van der Waals surface area (Å²) in [5.74, 6) is -0.432. The molecule has 2 nitrogen and oxygen atoms in total. The summed E-state index contributed by atoms with van der Waals surface area (Å²) in [4.78, 5) is 0. The molecule has 0 aliphatic rings. The molecule has 0 radical (unpaired) electrons. The molecule has 0 saturated carbocycles. The predicted octanol–water partition coefficient (Wildman–Crippen LogP) is 3.00. The minimum atomic E-state index is -0.432. The first-order valence-electron chi connectivity index (χ1n) is 4.24. The molecule has 0 amide bonds. The van der Waals surface area contributed by atoms with Crippen molar-refractivity contribution in [2.75, 3.05) is 18.4 Å². The summed E-state index contributed by atoms with van der Waals surface area (Å²) < 4.78 is 14.0. The molecule has 0 fully saturated rings. The fourth-order valence-electron chi connectivity index (χ4n) is 0.988. The maximum Gasteiger partial charge on any atom is 0.165 e. The van der Waals surface area contributed by atoms with Gasteiger partial charge in [0.1, 0.15) is 0 Å². The number of rotatable bonds is 4. The average Bonchev–Trinajstić information content (AvgIpc) is 2.18. The van der Waals surface area contributed by atoms with Gasteiger partial charge in [0, 0.05) is 11.0 Å². The molecule has 0 aromatic heterocycles. The molecular weight excluding hydrogens is 270 g/mol. The van der Waals surface area contributed by atoms with E-state index >= 15 is 0 Å². The van der Waals surface area contributed by atoms with E-state index in [4.69, 9.17) is 17.3 Å². The van der Waals surface area contributed by atoms with Gasteiger partial charge in [-0.3, -0.25) is 0 Å². The Morgan fingerprint density at radius 3 is 2.86 bits per heavy atom. The second kappa shape index (κ2) is 5.53. The molecule has 0 aliphatic carbocycles. The van der Waals surface area contributed by atoms with Crippen molar-refractivity contribution in [3.63, 3.8) is 0 Å². The molecular formula is C9H11BrClFN2. The predicted molar refractivity (Wildman–Crippen MR) is 61.3 cm³/mol. The Hall–Kier alpha value is -0.320. The van der Waals surface area contributed by atoms with Crippen LogP contribution in [0.1, 0.15) is 6.42 Å². The monoisotopic (exact) mass is 280 g/mol. The fraction of sp³-hybridized carbons (Fsp3) is 0.333. The minimum Gasteiger partial charge on any atom is -0.383 e. The maximum atomic E-state index is 13.4. The van der Waals surface area contributed by atoms with Gasteiger partial charge in [0.15, 0.2) is 5.82 Å². The van der Waals surface area contributed by atoms with Gasteiger partial charge in [-0.2, -0.15) is 0 Å². The lowest BCUT2D eigenvalue weighted by molar-refractivity contribution is 0.629. The zero-order valence-corrected chi connectivity index (χ0v) is 9.83. The van der Waals surface area contributed by atoms with E-state index in [1.165, 1.54) is 0 Å². The topological polar surface area (TPSA) is 38.0 Å². The molecule has 0 saturated heterocycles. The third-order valence-electron chi connectivity index (χ3n) is 1.73. The lowest BCUT2D eigenvalue weighted by Crippen LogP contribution is -2.09. The van der Waals surface area contributed by atoms with Crippen LogP contribution in [0, 0.1) is 5.82 Å². The number of hydrogen-bond donors (Lipinski definition) is 2.